The van der Waals surface area contributed by atoms with Gasteiger partial charge < -0.3 is 10.5 Å². The lowest BCUT2D eigenvalue weighted by Crippen LogP contribution is -2.30. The van der Waals surface area contributed by atoms with E-state index in [9.17, 15) is 0 Å². The van der Waals surface area contributed by atoms with Crippen LogP contribution in [0.5, 0.6) is 5.75 Å². The van der Waals surface area contributed by atoms with Crippen molar-refractivity contribution in [3.63, 3.8) is 0 Å². The fourth-order valence-electron chi connectivity index (χ4n) is 2.91. The molecule has 2 rings (SSSR count). The monoisotopic (exact) mass is 245 g/mol. The molecule has 1 aromatic rings. The van der Waals surface area contributed by atoms with Crippen molar-refractivity contribution in [1.82, 2.24) is 0 Å². The van der Waals surface area contributed by atoms with E-state index in [1.165, 1.54) is 16.7 Å². The Kier molecular flexibility index (Phi) is 3.49. The fraction of sp³-hybridized carbons (Fsp3) is 0.500. The van der Waals surface area contributed by atoms with Crippen molar-refractivity contribution in [2.45, 2.75) is 39.7 Å². The van der Waals surface area contributed by atoms with Gasteiger partial charge in [0.1, 0.15) is 5.75 Å². The predicted octanol–water partition coefficient (Wildman–Crippen LogP) is 3.53. The summed E-state index contributed by atoms with van der Waals surface area (Å²) >= 11 is 0. The highest BCUT2D eigenvalue weighted by Crippen LogP contribution is 2.40. The van der Waals surface area contributed by atoms with Gasteiger partial charge in [-0.1, -0.05) is 26.0 Å². The van der Waals surface area contributed by atoms with Crippen LogP contribution >= 0.6 is 0 Å². The normalized spacial score (nSPS) is 22.5. The van der Waals surface area contributed by atoms with Crippen molar-refractivity contribution < 1.29 is 4.74 Å². The molecule has 1 aromatic carbocycles. The summed E-state index contributed by atoms with van der Waals surface area (Å²) in [5.74, 6) is 0.913. The summed E-state index contributed by atoms with van der Waals surface area (Å²) in [6.07, 6.45) is 4.37. The van der Waals surface area contributed by atoms with Crippen LogP contribution in [0.3, 0.4) is 0 Å². The lowest BCUT2D eigenvalue weighted by atomic mass is 9.73. The number of aryl methyl sites for hydroxylation is 1. The Labute approximate surface area is 110 Å². The summed E-state index contributed by atoms with van der Waals surface area (Å²) in [7, 11) is 1.70. The smallest absolute Gasteiger partial charge is 0.119 e. The van der Waals surface area contributed by atoms with Gasteiger partial charge in [-0.05, 0) is 54.0 Å². The van der Waals surface area contributed by atoms with Crippen LogP contribution < -0.4 is 10.5 Å². The molecule has 0 saturated heterocycles. The molecule has 0 fully saturated rings. The maximum absolute atomic E-state index is 6.14. The highest BCUT2D eigenvalue weighted by molar-refractivity contribution is 5.70. The third-order valence-electron chi connectivity index (χ3n) is 3.65. The largest absolute Gasteiger partial charge is 0.497 e. The van der Waals surface area contributed by atoms with Crippen LogP contribution in [0.4, 0.5) is 0 Å². The van der Waals surface area contributed by atoms with E-state index >= 15 is 0 Å². The van der Waals surface area contributed by atoms with Gasteiger partial charge in [-0.3, -0.25) is 0 Å². The fourth-order valence-corrected chi connectivity index (χ4v) is 2.91. The Hall–Kier alpha value is -1.28. The van der Waals surface area contributed by atoms with Crippen molar-refractivity contribution in [1.29, 1.82) is 0 Å². The Bertz CT molecular complexity index is 474. The number of hydrogen-bond acceptors (Lipinski definition) is 2. The number of nitrogens with two attached hydrogens (primary N) is 1. The van der Waals surface area contributed by atoms with Crippen LogP contribution in [-0.2, 0) is 0 Å². The Morgan fingerprint density at radius 3 is 2.61 bits per heavy atom. The summed E-state index contributed by atoms with van der Waals surface area (Å²) in [5.41, 5.74) is 10.4. The van der Waals surface area contributed by atoms with Crippen LogP contribution in [0.25, 0.3) is 5.57 Å². The van der Waals surface area contributed by atoms with E-state index in [4.69, 9.17) is 10.5 Å². The van der Waals surface area contributed by atoms with Gasteiger partial charge in [-0.15, -0.1) is 0 Å². The topological polar surface area (TPSA) is 35.2 Å². The Morgan fingerprint density at radius 1 is 1.33 bits per heavy atom. The summed E-state index contributed by atoms with van der Waals surface area (Å²) in [6.45, 7) is 6.71. The maximum atomic E-state index is 6.14. The van der Waals surface area contributed by atoms with E-state index in [1.54, 1.807) is 7.11 Å². The predicted molar refractivity (Wildman–Crippen MR) is 76.7 cm³/mol. The van der Waals surface area contributed by atoms with Crippen molar-refractivity contribution in [2.75, 3.05) is 7.11 Å². The molecule has 18 heavy (non-hydrogen) atoms. The van der Waals surface area contributed by atoms with Gasteiger partial charge in [0, 0.05) is 6.04 Å². The van der Waals surface area contributed by atoms with Gasteiger partial charge in [-0.2, -0.15) is 0 Å². The Morgan fingerprint density at radius 2 is 2.06 bits per heavy atom. The number of allylic oxidation sites excluding steroid dienone is 1. The van der Waals surface area contributed by atoms with Gasteiger partial charge in [0.2, 0.25) is 0 Å². The lowest BCUT2D eigenvalue weighted by Gasteiger charge is -2.33. The highest BCUT2D eigenvalue weighted by atomic mass is 16.5. The second-order valence-corrected chi connectivity index (χ2v) is 6.08. The third-order valence-corrected chi connectivity index (χ3v) is 3.65. The molecule has 0 aromatic heterocycles. The van der Waals surface area contributed by atoms with E-state index < -0.39 is 0 Å². The number of hydrogen-bond donors (Lipinski definition) is 1. The molecule has 0 heterocycles. The first kappa shape index (κ1) is 13.2. The molecule has 2 N–H and O–H groups in total. The summed E-state index contributed by atoms with van der Waals surface area (Å²) in [5, 5.41) is 0. The van der Waals surface area contributed by atoms with E-state index in [2.05, 4.69) is 39.0 Å². The van der Waals surface area contributed by atoms with Gasteiger partial charge in [0.15, 0.2) is 0 Å². The van der Waals surface area contributed by atoms with Crippen molar-refractivity contribution in [2.24, 2.45) is 11.1 Å². The van der Waals surface area contributed by atoms with Crippen molar-refractivity contribution in [3.05, 3.63) is 35.4 Å². The zero-order chi connectivity index (χ0) is 13.3. The minimum Gasteiger partial charge on any atom is -0.497 e. The van der Waals surface area contributed by atoms with Gasteiger partial charge in [0.25, 0.3) is 0 Å². The van der Waals surface area contributed by atoms with Crippen LogP contribution in [0.15, 0.2) is 24.3 Å². The van der Waals surface area contributed by atoms with Crippen molar-refractivity contribution in [3.8, 4) is 5.75 Å². The minimum atomic E-state index is 0.172. The van der Waals surface area contributed by atoms with Crippen LogP contribution in [0, 0.1) is 12.3 Å². The molecule has 0 spiro atoms. The van der Waals surface area contributed by atoms with E-state index in [1.807, 2.05) is 6.07 Å². The summed E-state index contributed by atoms with van der Waals surface area (Å²) in [6, 6.07) is 6.43. The zero-order valence-electron chi connectivity index (χ0n) is 11.8. The Balaban J connectivity index is 2.37. The molecular weight excluding hydrogens is 222 g/mol. The second kappa shape index (κ2) is 4.77. The first-order chi connectivity index (χ1) is 8.41. The van der Waals surface area contributed by atoms with E-state index in [-0.39, 0.29) is 11.5 Å². The number of rotatable bonds is 2. The van der Waals surface area contributed by atoms with Gasteiger partial charge >= 0.3 is 0 Å². The molecule has 1 unspecified atom stereocenters. The van der Waals surface area contributed by atoms with Crippen LogP contribution in [-0.4, -0.2) is 13.2 Å². The molecule has 1 aliphatic carbocycles. The van der Waals surface area contributed by atoms with Crippen LogP contribution in [0.1, 0.15) is 37.8 Å². The molecule has 0 saturated carbocycles. The van der Waals surface area contributed by atoms with E-state index in [0.29, 0.717) is 0 Å². The first-order valence-electron chi connectivity index (χ1n) is 6.52. The SMILES string of the molecule is COc1ccc(C2=CC(N)CC(C)(C)C2)c(C)c1. The quantitative estimate of drug-likeness (QED) is 0.865. The number of methoxy groups -OCH3 is 1. The standard InChI is InChI=1S/C16H23NO/c1-11-7-14(18-4)5-6-15(11)12-8-13(17)10-16(2,3)9-12/h5-8,13H,9-10,17H2,1-4H3. The minimum absolute atomic E-state index is 0.172. The lowest BCUT2D eigenvalue weighted by molar-refractivity contribution is 0.318. The second-order valence-electron chi connectivity index (χ2n) is 6.08. The molecule has 0 radical (unpaired) electrons. The third kappa shape index (κ3) is 2.75. The maximum Gasteiger partial charge on any atom is 0.119 e. The molecule has 2 nitrogen and oxygen atoms in total. The van der Waals surface area contributed by atoms with Crippen molar-refractivity contribution >= 4 is 5.57 Å². The first-order valence-corrected chi connectivity index (χ1v) is 6.52. The average molecular weight is 245 g/mol. The summed E-state index contributed by atoms with van der Waals surface area (Å²) in [4.78, 5) is 0. The number of ether oxygens (including phenoxy) is 1. The molecule has 2 heteroatoms. The molecule has 1 atom stereocenters. The highest BCUT2D eigenvalue weighted by Gasteiger charge is 2.27. The molecule has 98 valence electrons. The van der Waals surface area contributed by atoms with Gasteiger partial charge in [-0.25, -0.2) is 0 Å². The zero-order valence-corrected chi connectivity index (χ0v) is 11.8. The molecule has 1 aliphatic rings. The van der Waals surface area contributed by atoms with Crippen LogP contribution in [0.2, 0.25) is 0 Å². The molecule has 0 bridgehead atoms. The summed E-state index contributed by atoms with van der Waals surface area (Å²) < 4.78 is 5.26. The number of benzene rings is 1. The van der Waals surface area contributed by atoms with Gasteiger partial charge in [0.05, 0.1) is 7.11 Å². The molecular formula is C16H23NO. The molecule has 0 amide bonds. The average Bonchev–Trinajstić information content (AvgIpc) is 2.25. The van der Waals surface area contributed by atoms with E-state index in [0.717, 1.165) is 18.6 Å². The molecule has 0 aliphatic heterocycles.